The van der Waals surface area contributed by atoms with Crippen molar-refractivity contribution in [3.05, 3.63) is 18.3 Å². The Hall–Kier alpha value is -1.58. The molecule has 2 rings (SSSR count). The molecule has 1 aromatic heterocycles. The van der Waals surface area contributed by atoms with Crippen LogP contribution >= 0.6 is 0 Å². The first-order valence-corrected chi connectivity index (χ1v) is 3.15. The van der Waals surface area contributed by atoms with E-state index in [1.165, 1.54) is 6.20 Å². The van der Waals surface area contributed by atoms with E-state index in [4.69, 9.17) is 4.74 Å². The van der Waals surface area contributed by atoms with Crippen molar-refractivity contribution in [3.8, 4) is 5.88 Å². The van der Waals surface area contributed by atoms with E-state index in [0.717, 1.165) is 0 Å². The van der Waals surface area contributed by atoms with Crippen molar-refractivity contribution in [3.63, 3.8) is 0 Å². The number of amides is 1. The summed E-state index contributed by atoms with van der Waals surface area (Å²) in [7, 11) is 0. The number of hydrogen-bond donors (Lipinski definition) is 1. The van der Waals surface area contributed by atoms with Crippen LogP contribution < -0.4 is 10.1 Å². The lowest BCUT2D eigenvalue weighted by Crippen LogP contribution is -2.25. The third-order valence-corrected chi connectivity index (χ3v) is 1.33. The van der Waals surface area contributed by atoms with Gasteiger partial charge >= 0.3 is 0 Å². The Labute approximate surface area is 63.2 Å². The molecule has 0 unspecified atom stereocenters. The van der Waals surface area contributed by atoms with Crippen LogP contribution in [0.25, 0.3) is 0 Å². The van der Waals surface area contributed by atoms with Crippen LogP contribution in [-0.2, 0) is 4.79 Å². The topological polar surface area (TPSA) is 51.2 Å². The minimum atomic E-state index is -0.154. The summed E-state index contributed by atoms with van der Waals surface area (Å²) >= 11 is 0. The zero-order valence-electron chi connectivity index (χ0n) is 5.63. The SMILES string of the molecule is O=C1COc2nc[c]cc2N1. The Balaban J connectivity index is 2.41. The maximum atomic E-state index is 10.7. The Morgan fingerprint density at radius 1 is 1.73 bits per heavy atom. The van der Waals surface area contributed by atoms with E-state index in [0.29, 0.717) is 11.6 Å². The largest absolute Gasteiger partial charge is 0.466 e. The standard InChI is InChI=1S/C7H5N2O2/c10-6-4-11-7-5(9-6)2-1-3-8-7/h2-3H,4H2,(H,9,10). The zero-order chi connectivity index (χ0) is 7.68. The van der Waals surface area contributed by atoms with Crippen LogP contribution in [0.2, 0.25) is 0 Å². The van der Waals surface area contributed by atoms with Crippen LogP contribution in [-0.4, -0.2) is 17.5 Å². The zero-order valence-corrected chi connectivity index (χ0v) is 5.63. The van der Waals surface area contributed by atoms with Crippen molar-refractivity contribution < 1.29 is 9.53 Å². The predicted octanol–water partition coefficient (Wildman–Crippen LogP) is 0.213. The monoisotopic (exact) mass is 149 g/mol. The molecule has 1 amide bonds. The van der Waals surface area contributed by atoms with E-state index in [1.54, 1.807) is 6.07 Å². The van der Waals surface area contributed by atoms with Gasteiger partial charge in [-0.05, 0) is 6.07 Å². The minimum Gasteiger partial charge on any atom is -0.466 e. The highest BCUT2D eigenvalue weighted by molar-refractivity contribution is 5.94. The summed E-state index contributed by atoms with van der Waals surface area (Å²) in [6, 6.07) is 4.36. The van der Waals surface area contributed by atoms with Gasteiger partial charge in [0.25, 0.3) is 5.91 Å². The first-order valence-electron chi connectivity index (χ1n) is 3.15. The average molecular weight is 149 g/mol. The molecule has 2 heterocycles. The number of pyridine rings is 1. The van der Waals surface area contributed by atoms with Gasteiger partial charge < -0.3 is 10.1 Å². The molecule has 0 saturated carbocycles. The van der Waals surface area contributed by atoms with Crippen molar-refractivity contribution in [1.29, 1.82) is 0 Å². The van der Waals surface area contributed by atoms with Gasteiger partial charge in [-0.3, -0.25) is 4.79 Å². The quantitative estimate of drug-likeness (QED) is 0.573. The molecular formula is C7H5N2O2. The highest BCUT2D eigenvalue weighted by atomic mass is 16.5. The summed E-state index contributed by atoms with van der Waals surface area (Å²) in [5.41, 5.74) is 0.587. The van der Waals surface area contributed by atoms with E-state index >= 15 is 0 Å². The number of hydrogen-bond acceptors (Lipinski definition) is 3. The summed E-state index contributed by atoms with van der Waals surface area (Å²) in [6.45, 7) is 0.0456. The Morgan fingerprint density at radius 2 is 2.64 bits per heavy atom. The fourth-order valence-electron chi connectivity index (χ4n) is 0.873. The summed E-state index contributed by atoms with van der Waals surface area (Å²) in [5.74, 6) is 0.308. The summed E-state index contributed by atoms with van der Waals surface area (Å²) < 4.78 is 4.99. The van der Waals surface area contributed by atoms with Crippen molar-refractivity contribution in [1.82, 2.24) is 4.98 Å². The molecule has 0 saturated heterocycles. The molecule has 0 spiro atoms. The number of carbonyl (C=O) groups excluding carboxylic acids is 1. The van der Waals surface area contributed by atoms with E-state index in [2.05, 4.69) is 16.4 Å². The second-order valence-electron chi connectivity index (χ2n) is 2.12. The van der Waals surface area contributed by atoms with Gasteiger partial charge in [-0.15, -0.1) is 0 Å². The molecule has 0 atom stereocenters. The lowest BCUT2D eigenvalue weighted by atomic mass is 10.3. The van der Waals surface area contributed by atoms with Gasteiger partial charge in [-0.1, -0.05) is 0 Å². The Bertz CT molecular complexity index is 298. The molecule has 1 N–H and O–H groups in total. The maximum Gasteiger partial charge on any atom is 0.262 e. The normalized spacial score (nSPS) is 14.7. The van der Waals surface area contributed by atoms with Crippen molar-refractivity contribution in [2.45, 2.75) is 0 Å². The lowest BCUT2D eigenvalue weighted by Gasteiger charge is -2.15. The third-order valence-electron chi connectivity index (χ3n) is 1.33. The Kier molecular flexibility index (Phi) is 1.25. The molecule has 4 heteroatoms. The fraction of sp³-hybridized carbons (Fsp3) is 0.143. The predicted molar refractivity (Wildman–Crippen MR) is 37.2 cm³/mol. The number of nitrogens with one attached hydrogen (secondary N) is 1. The molecule has 0 fully saturated rings. The smallest absolute Gasteiger partial charge is 0.262 e. The maximum absolute atomic E-state index is 10.7. The molecule has 11 heavy (non-hydrogen) atoms. The number of nitrogens with zero attached hydrogens (tertiary/aromatic N) is 1. The number of ether oxygens (including phenoxy) is 1. The molecule has 1 aromatic rings. The minimum absolute atomic E-state index is 0.0456. The average Bonchev–Trinajstić information content (AvgIpc) is 2.04. The van der Waals surface area contributed by atoms with Crippen molar-refractivity contribution in [2.75, 3.05) is 11.9 Å². The molecule has 55 valence electrons. The number of anilines is 1. The van der Waals surface area contributed by atoms with E-state index < -0.39 is 0 Å². The van der Waals surface area contributed by atoms with Crippen LogP contribution in [0.4, 0.5) is 5.69 Å². The van der Waals surface area contributed by atoms with Crippen LogP contribution in [0, 0.1) is 6.07 Å². The number of carbonyl (C=O) groups is 1. The second kappa shape index (κ2) is 2.23. The molecule has 1 aliphatic heterocycles. The molecule has 0 aromatic carbocycles. The lowest BCUT2D eigenvalue weighted by molar-refractivity contribution is -0.118. The van der Waals surface area contributed by atoms with Gasteiger partial charge in [0.15, 0.2) is 6.61 Å². The summed E-state index contributed by atoms with van der Waals surface area (Å²) in [4.78, 5) is 14.6. The van der Waals surface area contributed by atoms with Crippen molar-refractivity contribution >= 4 is 11.6 Å². The number of aromatic nitrogens is 1. The van der Waals surface area contributed by atoms with Crippen LogP contribution in [0.15, 0.2) is 12.3 Å². The van der Waals surface area contributed by atoms with Gasteiger partial charge in [-0.25, -0.2) is 4.98 Å². The first kappa shape index (κ1) is 6.15. The number of rotatable bonds is 0. The van der Waals surface area contributed by atoms with Gasteiger partial charge in [0, 0.05) is 12.3 Å². The van der Waals surface area contributed by atoms with Gasteiger partial charge in [0.2, 0.25) is 5.88 Å². The van der Waals surface area contributed by atoms with E-state index in [9.17, 15) is 4.79 Å². The molecule has 0 bridgehead atoms. The van der Waals surface area contributed by atoms with Crippen LogP contribution in [0.1, 0.15) is 0 Å². The molecule has 1 aliphatic rings. The molecule has 1 radical (unpaired) electrons. The number of fused-ring (bicyclic) bond motifs is 1. The van der Waals surface area contributed by atoms with Gasteiger partial charge in [0.05, 0.1) is 0 Å². The summed E-state index contributed by atoms with van der Waals surface area (Å²) in [6.07, 6.45) is 1.50. The molecule has 0 aliphatic carbocycles. The first-order chi connectivity index (χ1) is 5.36. The highest BCUT2D eigenvalue weighted by Crippen LogP contribution is 2.22. The molecule has 4 nitrogen and oxygen atoms in total. The third kappa shape index (κ3) is 1.02. The molecular weight excluding hydrogens is 144 g/mol. The highest BCUT2D eigenvalue weighted by Gasteiger charge is 2.15. The van der Waals surface area contributed by atoms with Gasteiger partial charge in [0.1, 0.15) is 5.69 Å². The van der Waals surface area contributed by atoms with Crippen molar-refractivity contribution in [2.24, 2.45) is 0 Å². The van der Waals surface area contributed by atoms with Crippen LogP contribution in [0.5, 0.6) is 5.88 Å². The fourth-order valence-corrected chi connectivity index (χ4v) is 0.873. The van der Waals surface area contributed by atoms with E-state index in [1.807, 2.05) is 0 Å². The second-order valence-corrected chi connectivity index (χ2v) is 2.12. The Morgan fingerprint density at radius 3 is 3.55 bits per heavy atom. The van der Waals surface area contributed by atoms with Crippen LogP contribution in [0.3, 0.4) is 0 Å². The van der Waals surface area contributed by atoms with Gasteiger partial charge in [-0.2, -0.15) is 0 Å². The summed E-state index contributed by atoms with van der Waals surface area (Å²) in [5, 5.41) is 2.60. The van der Waals surface area contributed by atoms with E-state index in [-0.39, 0.29) is 12.5 Å².